The van der Waals surface area contributed by atoms with E-state index >= 15 is 0 Å². The number of amides is 4. The predicted molar refractivity (Wildman–Crippen MR) is 178 cm³/mol. The lowest BCUT2D eigenvalue weighted by Gasteiger charge is -2.44. The molecule has 1 atom stereocenters. The molecular weight excluding hydrogens is 606 g/mol. The number of anilines is 1. The maximum absolute atomic E-state index is 14.2. The fraction of sp³-hybridized carbons (Fsp3) is 0.529. The molecule has 248 valence electrons. The first kappa shape index (κ1) is 33.7. The summed E-state index contributed by atoms with van der Waals surface area (Å²) in [6.07, 6.45) is 6.51. The van der Waals surface area contributed by atoms with Crippen LogP contribution in [0, 0.1) is 0 Å². The van der Waals surface area contributed by atoms with E-state index in [0.29, 0.717) is 57.1 Å². The summed E-state index contributed by atoms with van der Waals surface area (Å²) < 4.78 is 0. The lowest BCUT2D eigenvalue weighted by atomic mass is 9.85. The highest BCUT2D eigenvalue weighted by atomic mass is 35.5. The summed E-state index contributed by atoms with van der Waals surface area (Å²) in [6, 6.07) is 16.4. The van der Waals surface area contributed by atoms with Gasteiger partial charge in [0.1, 0.15) is 18.1 Å². The summed E-state index contributed by atoms with van der Waals surface area (Å²) in [7, 11) is 0. The second-order valence-electron chi connectivity index (χ2n) is 12.6. The van der Waals surface area contributed by atoms with Crippen molar-refractivity contribution in [3.63, 3.8) is 0 Å². The van der Waals surface area contributed by atoms with Crippen molar-refractivity contribution in [2.45, 2.75) is 69.0 Å². The summed E-state index contributed by atoms with van der Waals surface area (Å²) in [5.41, 5.74) is 6.44. The number of nitrogens with zero attached hydrogens (tertiary/aromatic N) is 3. The zero-order valence-corrected chi connectivity index (χ0v) is 27.1. The summed E-state index contributed by atoms with van der Waals surface area (Å²) in [5, 5.41) is 9.61. The average Bonchev–Trinajstić information content (AvgIpc) is 3.32. The zero-order chi connectivity index (χ0) is 32.5. The van der Waals surface area contributed by atoms with Crippen LogP contribution < -0.4 is 26.6 Å². The topological polar surface area (TPSA) is 140 Å². The highest BCUT2D eigenvalue weighted by molar-refractivity contribution is 6.30. The van der Waals surface area contributed by atoms with E-state index in [4.69, 9.17) is 17.3 Å². The number of carbonyl (C=O) groups is 4. The molecule has 2 aromatic carbocycles. The smallest absolute Gasteiger partial charge is 0.250 e. The number of hydrogen-bond donors (Lipinski definition) is 4. The van der Waals surface area contributed by atoms with Crippen LogP contribution in [0.3, 0.4) is 0 Å². The molecule has 1 saturated carbocycles. The molecule has 2 heterocycles. The van der Waals surface area contributed by atoms with E-state index in [1.54, 1.807) is 21.9 Å². The molecule has 0 aromatic heterocycles. The molecule has 1 spiro atoms. The normalized spacial score (nSPS) is 18.9. The molecule has 1 aliphatic carbocycles. The van der Waals surface area contributed by atoms with Gasteiger partial charge in [0, 0.05) is 49.4 Å². The number of nitrogens with one attached hydrogen (secondary N) is 3. The van der Waals surface area contributed by atoms with Crippen molar-refractivity contribution < 1.29 is 19.2 Å². The molecule has 46 heavy (non-hydrogen) atoms. The molecule has 0 bridgehead atoms. The molecule has 3 fully saturated rings. The predicted octanol–water partition coefficient (Wildman–Crippen LogP) is 2.03. The van der Waals surface area contributed by atoms with Gasteiger partial charge in [0.25, 0.3) is 5.91 Å². The van der Waals surface area contributed by atoms with Crippen LogP contribution in [0.1, 0.15) is 50.5 Å². The molecule has 5 rings (SSSR count). The van der Waals surface area contributed by atoms with Gasteiger partial charge in [-0.1, -0.05) is 61.2 Å². The van der Waals surface area contributed by atoms with E-state index in [2.05, 4.69) is 20.9 Å². The zero-order valence-electron chi connectivity index (χ0n) is 26.4. The minimum Gasteiger partial charge on any atom is -0.352 e. The van der Waals surface area contributed by atoms with Crippen LogP contribution in [0.25, 0.3) is 0 Å². The Morgan fingerprint density at radius 1 is 0.957 bits per heavy atom. The lowest BCUT2D eigenvalue weighted by molar-refractivity contribution is -0.141. The third-order valence-corrected chi connectivity index (χ3v) is 9.63. The van der Waals surface area contributed by atoms with Gasteiger partial charge in [0.15, 0.2) is 0 Å². The Kier molecular flexibility index (Phi) is 11.5. The average molecular weight is 652 g/mol. The Morgan fingerprint density at radius 3 is 2.33 bits per heavy atom. The first-order valence-electron chi connectivity index (χ1n) is 16.4. The number of piperidine rings is 1. The molecule has 2 aliphatic heterocycles. The number of carbonyl (C=O) groups excluding carboxylic acids is 4. The molecular formula is C34H46ClN7O4. The Hall–Kier alpha value is -3.67. The summed E-state index contributed by atoms with van der Waals surface area (Å²) in [4.78, 5) is 59.4. The fourth-order valence-corrected chi connectivity index (χ4v) is 7.06. The SMILES string of the molecule is NCCNCC(=O)NC(Cc1ccc(Cl)cc1)C(=O)N1CCC2(CC1)C(=O)N(CC(=O)NC1CCCCC1)CN2c1ccccc1. The molecule has 2 aromatic rings. The molecule has 5 N–H and O–H groups in total. The maximum Gasteiger partial charge on any atom is 0.250 e. The minimum absolute atomic E-state index is 0.0104. The van der Waals surface area contributed by atoms with Gasteiger partial charge in [-0.3, -0.25) is 19.2 Å². The third kappa shape index (κ3) is 8.18. The molecule has 2 saturated heterocycles. The van der Waals surface area contributed by atoms with Crippen LogP contribution in [0.5, 0.6) is 0 Å². The van der Waals surface area contributed by atoms with E-state index < -0.39 is 11.6 Å². The second kappa shape index (κ2) is 15.8. The second-order valence-corrected chi connectivity index (χ2v) is 13.0. The van der Waals surface area contributed by atoms with Gasteiger partial charge in [-0.2, -0.15) is 0 Å². The van der Waals surface area contributed by atoms with Crippen molar-refractivity contribution >= 4 is 40.9 Å². The minimum atomic E-state index is -0.871. The van der Waals surface area contributed by atoms with E-state index in [1.165, 1.54) is 6.42 Å². The van der Waals surface area contributed by atoms with Crippen LogP contribution in [-0.2, 0) is 25.6 Å². The number of halogens is 1. The van der Waals surface area contributed by atoms with Gasteiger partial charge in [0.05, 0.1) is 13.2 Å². The molecule has 0 radical (unpaired) electrons. The van der Waals surface area contributed by atoms with Crippen LogP contribution in [0.2, 0.25) is 5.02 Å². The fourth-order valence-electron chi connectivity index (χ4n) is 6.94. The number of hydrogen-bond acceptors (Lipinski definition) is 7. The quantitative estimate of drug-likeness (QED) is 0.258. The molecule has 12 heteroatoms. The number of nitrogens with two attached hydrogens (primary N) is 1. The van der Waals surface area contributed by atoms with Crippen LogP contribution in [-0.4, -0.2) is 97.0 Å². The van der Waals surface area contributed by atoms with Gasteiger partial charge >= 0.3 is 0 Å². The van der Waals surface area contributed by atoms with Gasteiger partial charge in [-0.05, 0) is 55.5 Å². The number of para-hydroxylation sites is 1. The number of benzene rings is 2. The Labute approximate surface area is 276 Å². The molecule has 11 nitrogen and oxygen atoms in total. The first-order valence-corrected chi connectivity index (χ1v) is 16.8. The van der Waals surface area contributed by atoms with E-state index in [-0.39, 0.29) is 42.8 Å². The number of rotatable bonds is 12. The highest BCUT2D eigenvalue weighted by Gasteiger charge is 2.54. The largest absolute Gasteiger partial charge is 0.352 e. The molecule has 3 aliphatic rings. The molecule has 1 unspecified atom stereocenters. The van der Waals surface area contributed by atoms with E-state index in [1.807, 2.05) is 42.5 Å². The van der Waals surface area contributed by atoms with E-state index in [0.717, 1.165) is 36.9 Å². The molecule has 4 amide bonds. The Balaban J connectivity index is 1.29. The Bertz CT molecular complexity index is 1350. The first-order chi connectivity index (χ1) is 22.3. The van der Waals surface area contributed by atoms with Crippen molar-refractivity contribution in [1.82, 2.24) is 25.8 Å². The van der Waals surface area contributed by atoms with Crippen LogP contribution in [0.15, 0.2) is 54.6 Å². The summed E-state index contributed by atoms with van der Waals surface area (Å²) in [6.45, 7) is 1.94. The number of likely N-dealkylation sites (tertiary alicyclic amines) is 1. The van der Waals surface area contributed by atoms with Crippen LogP contribution in [0.4, 0.5) is 5.69 Å². The van der Waals surface area contributed by atoms with Gasteiger partial charge in [0.2, 0.25) is 17.7 Å². The van der Waals surface area contributed by atoms with Gasteiger partial charge in [-0.15, -0.1) is 0 Å². The van der Waals surface area contributed by atoms with Crippen molar-refractivity contribution in [1.29, 1.82) is 0 Å². The van der Waals surface area contributed by atoms with E-state index in [9.17, 15) is 19.2 Å². The summed E-state index contributed by atoms with van der Waals surface area (Å²) >= 11 is 6.08. The van der Waals surface area contributed by atoms with Crippen molar-refractivity contribution in [2.75, 3.05) is 50.8 Å². The maximum atomic E-state index is 14.2. The van der Waals surface area contributed by atoms with Gasteiger partial charge < -0.3 is 36.4 Å². The van der Waals surface area contributed by atoms with Crippen molar-refractivity contribution in [3.8, 4) is 0 Å². The lowest BCUT2D eigenvalue weighted by Crippen LogP contribution is -2.60. The third-order valence-electron chi connectivity index (χ3n) is 9.38. The summed E-state index contributed by atoms with van der Waals surface area (Å²) in [5.74, 6) is -0.700. The van der Waals surface area contributed by atoms with Gasteiger partial charge in [-0.25, -0.2) is 0 Å². The van der Waals surface area contributed by atoms with Crippen molar-refractivity contribution in [3.05, 3.63) is 65.2 Å². The Morgan fingerprint density at radius 2 is 1.65 bits per heavy atom. The van der Waals surface area contributed by atoms with Crippen LogP contribution >= 0.6 is 11.6 Å². The monoisotopic (exact) mass is 651 g/mol. The standard InChI is InChI=1S/C34H46ClN7O4/c35-26-13-11-25(12-14-26)21-29(39-30(43)22-37-18-17-36)32(45)40-19-15-34(16-20-40)33(46)41(24-42(34)28-9-5-2-6-10-28)23-31(44)38-27-7-3-1-4-8-27/h2,5-6,9-14,27,29,37H,1,3-4,7-8,15-24,36H2,(H,38,44)(H,39,43). The highest BCUT2D eigenvalue weighted by Crippen LogP contribution is 2.39. The van der Waals surface area contributed by atoms with Crippen molar-refractivity contribution in [2.24, 2.45) is 5.73 Å².